The predicted octanol–water partition coefficient (Wildman–Crippen LogP) is 2.39. The second-order valence-electron chi connectivity index (χ2n) is 4.94. The molecule has 0 bridgehead atoms. The Hall–Kier alpha value is -1.87. The van der Waals surface area contributed by atoms with E-state index in [0.29, 0.717) is 19.0 Å². The van der Waals surface area contributed by atoms with Gasteiger partial charge >= 0.3 is 0 Å². The number of carbonyl (C=O) groups excluding carboxylic acids is 1. The molecule has 0 saturated carbocycles. The van der Waals surface area contributed by atoms with Crippen LogP contribution < -0.4 is 10.6 Å². The van der Waals surface area contributed by atoms with E-state index in [2.05, 4.69) is 6.92 Å². The van der Waals surface area contributed by atoms with Crippen LogP contribution in [0.15, 0.2) is 36.4 Å². The van der Waals surface area contributed by atoms with Crippen LogP contribution in [-0.4, -0.2) is 19.0 Å². The fraction of sp³-hybridized carbons (Fsp3) is 0.267. The summed E-state index contributed by atoms with van der Waals surface area (Å²) in [5.41, 5.74) is 7.49. The smallest absolute Gasteiger partial charge is 0.259 e. The lowest BCUT2D eigenvalue weighted by Crippen LogP contribution is -2.33. The molecule has 1 aliphatic heterocycles. The van der Waals surface area contributed by atoms with E-state index < -0.39 is 0 Å². The molecule has 3 heteroatoms. The van der Waals surface area contributed by atoms with E-state index in [4.69, 9.17) is 5.73 Å². The quantitative estimate of drug-likeness (QED) is 0.895. The average molecular weight is 240 g/mol. The van der Waals surface area contributed by atoms with Gasteiger partial charge in [0.15, 0.2) is 0 Å². The van der Waals surface area contributed by atoms with Crippen molar-refractivity contribution in [2.24, 2.45) is 11.7 Å². The number of amides is 1. The summed E-state index contributed by atoms with van der Waals surface area (Å²) < 4.78 is 0. The number of hydrogen-bond donors (Lipinski definition) is 1. The van der Waals surface area contributed by atoms with E-state index >= 15 is 0 Å². The van der Waals surface area contributed by atoms with Gasteiger partial charge in [0.25, 0.3) is 5.91 Å². The first-order valence-corrected chi connectivity index (χ1v) is 6.26. The third-order valence-electron chi connectivity index (χ3n) is 3.55. The highest BCUT2D eigenvalue weighted by Gasteiger charge is 2.29. The molecule has 92 valence electrons. The molecule has 3 rings (SSSR count). The molecule has 2 N–H and O–H groups in total. The molecule has 0 spiro atoms. The molecule has 0 fully saturated rings. The fourth-order valence-electron chi connectivity index (χ4n) is 2.55. The molecule has 0 radical (unpaired) electrons. The zero-order valence-corrected chi connectivity index (χ0v) is 10.4. The van der Waals surface area contributed by atoms with Crippen molar-refractivity contribution in [2.45, 2.75) is 6.92 Å². The van der Waals surface area contributed by atoms with Crippen molar-refractivity contribution in [3.63, 3.8) is 0 Å². The standard InChI is InChI=1S/C15H16N2O/c1-10(8-16)9-17-13-7-3-5-11-4-2-6-12(14(11)13)15(17)18/h2-7,10H,8-9,16H2,1H3. The molecule has 1 atom stereocenters. The first-order valence-electron chi connectivity index (χ1n) is 6.26. The summed E-state index contributed by atoms with van der Waals surface area (Å²) in [6, 6.07) is 12.0. The molecule has 1 unspecified atom stereocenters. The first kappa shape index (κ1) is 11.2. The monoisotopic (exact) mass is 240 g/mol. The fourth-order valence-corrected chi connectivity index (χ4v) is 2.55. The van der Waals surface area contributed by atoms with E-state index in [1.165, 1.54) is 0 Å². The van der Waals surface area contributed by atoms with Crippen LogP contribution >= 0.6 is 0 Å². The van der Waals surface area contributed by atoms with E-state index in [1.807, 2.05) is 41.3 Å². The highest BCUT2D eigenvalue weighted by atomic mass is 16.2. The SMILES string of the molecule is CC(CN)CN1C(=O)c2cccc3cccc1c23. The Bertz CT molecular complexity index is 616. The summed E-state index contributed by atoms with van der Waals surface area (Å²) >= 11 is 0. The zero-order valence-electron chi connectivity index (χ0n) is 10.4. The lowest BCUT2D eigenvalue weighted by molar-refractivity contribution is 0.0990. The van der Waals surface area contributed by atoms with Gasteiger partial charge in [0.1, 0.15) is 0 Å². The van der Waals surface area contributed by atoms with Crippen molar-refractivity contribution < 1.29 is 4.79 Å². The number of hydrogen-bond acceptors (Lipinski definition) is 2. The van der Waals surface area contributed by atoms with Gasteiger partial charge in [-0.1, -0.05) is 31.2 Å². The Kier molecular flexibility index (Phi) is 2.56. The molecule has 1 amide bonds. The van der Waals surface area contributed by atoms with Crippen molar-refractivity contribution in [1.82, 2.24) is 0 Å². The minimum Gasteiger partial charge on any atom is -0.330 e. The third-order valence-corrected chi connectivity index (χ3v) is 3.55. The van der Waals surface area contributed by atoms with E-state index in [-0.39, 0.29) is 5.91 Å². The summed E-state index contributed by atoms with van der Waals surface area (Å²) in [5.74, 6) is 0.403. The van der Waals surface area contributed by atoms with Crippen LogP contribution in [0.2, 0.25) is 0 Å². The molecular formula is C15H16N2O. The second kappa shape index (κ2) is 4.10. The molecular weight excluding hydrogens is 224 g/mol. The highest BCUT2D eigenvalue weighted by molar-refractivity contribution is 6.24. The first-order chi connectivity index (χ1) is 8.72. The molecule has 2 aromatic carbocycles. The summed E-state index contributed by atoms with van der Waals surface area (Å²) in [7, 11) is 0. The molecule has 2 aromatic rings. The van der Waals surface area contributed by atoms with Crippen LogP contribution in [0, 0.1) is 5.92 Å². The number of rotatable bonds is 3. The van der Waals surface area contributed by atoms with Gasteiger partial charge in [-0.2, -0.15) is 0 Å². The van der Waals surface area contributed by atoms with Gasteiger partial charge in [-0.25, -0.2) is 0 Å². The summed E-state index contributed by atoms with van der Waals surface area (Å²) in [6.07, 6.45) is 0. The van der Waals surface area contributed by atoms with Crippen molar-refractivity contribution in [2.75, 3.05) is 18.0 Å². The van der Waals surface area contributed by atoms with Gasteiger partial charge in [0.2, 0.25) is 0 Å². The Balaban J connectivity index is 2.13. The maximum Gasteiger partial charge on any atom is 0.259 e. The van der Waals surface area contributed by atoms with E-state index in [9.17, 15) is 4.79 Å². The Labute approximate surface area is 106 Å². The number of carbonyl (C=O) groups is 1. The van der Waals surface area contributed by atoms with Crippen molar-refractivity contribution in [1.29, 1.82) is 0 Å². The Morgan fingerprint density at radius 3 is 2.67 bits per heavy atom. The van der Waals surface area contributed by atoms with Crippen LogP contribution in [0.25, 0.3) is 10.8 Å². The number of benzene rings is 2. The number of anilines is 1. The molecule has 1 aliphatic rings. The largest absolute Gasteiger partial charge is 0.330 e. The predicted molar refractivity (Wildman–Crippen MR) is 73.8 cm³/mol. The lowest BCUT2D eigenvalue weighted by atomic mass is 10.1. The third kappa shape index (κ3) is 1.51. The Morgan fingerprint density at radius 1 is 1.22 bits per heavy atom. The summed E-state index contributed by atoms with van der Waals surface area (Å²) in [4.78, 5) is 14.3. The number of nitrogens with two attached hydrogens (primary N) is 1. The highest BCUT2D eigenvalue weighted by Crippen LogP contribution is 2.37. The molecule has 0 aromatic heterocycles. The number of nitrogens with zero attached hydrogens (tertiary/aromatic N) is 1. The minimum absolute atomic E-state index is 0.0992. The Morgan fingerprint density at radius 2 is 1.94 bits per heavy atom. The summed E-state index contributed by atoms with van der Waals surface area (Å²) in [6.45, 7) is 3.34. The van der Waals surface area contributed by atoms with Gasteiger partial charge in [0, 0.05) is 17.5 Å². The lowest BCUT2D eigenvalue weighted by Gasteiger charge is -2.21. The van der Waals surface area contributed by atoms with Crippen molar-refractivity contribution in [3.05, 3.63) is 42.0 Å². The van der Waals surface area contributed by atoms with Crippen molar-refractivity contribution >= 4 is 22.4 Å². The van der Waals surface area contributed by atoms with Crippen LogP contribution in [0.1, 0.15) is 17.3 Å². The molecule has 0 aliphatic carbocycles. The molecule has 0 saturated heterocycles. The maximum absolute atomic E-state index is 12.4. The topological polar surface area (TPSA) is 46.3 Å². The van der Waals surface area contributed by atoms with Crippen LogP contribution in [-0.2, 0) is 0 Å². The zero-order chi connectivity index (χ0) is 12.7. The van der Waals surface area contributed by atoms with Crippen LogP contribution in [0.4, 0.5) is 5.69 Å². The van der Waals surface area contributed by atoms with Gasteiger partial charge in [0.05, 0.1) is 5.69 Å². The second-order valence-corrected chi connectivity index (χ2v) is 4.94. The normalized spacial score (nSPS) is 15.4. The van der Waals surface area contributed by atoms with Crippen LogP contribution in [0.5, 0.6) is 0 Å². The minimum atomic E-state index is 0.0992. The molecule has 18 heavy (non-hydrogen) atoms. The van der Waals surface area contributed by atoms with E-state index in [1.54, 1.807) is 0 Å². The summed E-state index contributed by atoms with van der Waals surface area (Å²) in [5, 5.41) is 2.20. The van der Waals surface area contributed by atoms with Gasteiger partial charge in [-0.05, 0) is 30.0 Å². The maximum atomic E-state index is 12.4. The van der Waals surface area contributed by atoms with Gasteiger partial charge < -0.3 is 10.6 Å². The molecule has 3 nitrogen and oxygen atoms in total. The average Bonchev–Trinajstić information content (AvgIpc) is 2.67. The molecule has 1 heterocycles. The van der Waals surface area contributed by atoms with Crippen LogP contribution in [0.3, 0.4) is 0 Å². The van der Waals surface area contributed by atoms with Gasteiger partial charge in [-0.15, -0.1) is 0 Å². The van der Waals surface area contributed by atoms with Gasteiger partial charge in [-0.3, -0.25) is 4.79 Å². The van der Waals surface area contributed by atoms with E-state index in [0.717, 1.165) is 22.0 Å². The van der Waals surface area contributed by atoms with Crippen molar-refractivity contribution in [3.8, 4) is 0 Å².